The number of hydrogen-bond acceptors (Lipinski definition) is 6. The lowest BCUT2D eigenvalue weighted by atomic mass is 10.2. The number of esters is 1. The smallest absolute Gasteiger partial charge is 0.338 e. The Labute approximate surface area is 168 Å². The fraction of sp³-hybridized carbons (Fsp3) is 0.368. The number of thiophene rings is 1. The molecule has 7 nitrogen and oxygen atoms in total. The minimum atomic E-state index is -3.64. The molecule has 0 unspecified atom stereocenters. The van der Waals surface area contributed by atoms with Crippen LogP contribution < -0.4 is 5.32 Å². The van der Waals surface area contributed by atoms with E-state index in [2.05, 4.69) is 5.32 Å². The Morgan fingerprint density at radius 3 is 2.61 bits per heavy atom. The van der Waals surface area contributed by atoms with Crippen LogP contribution in [0.2, 0.25) is 0 Å². The molecule has 28 heavy (non-hydrogen) atoms. The van der Waals surface area contributed by atoms with E-state index in [9.17, 15) is 18.0 Å². The summed E-state index contributed by atoms with van der Waals surface area (Å²) >= 11 is 1.52. The molecule has 3 rings (SSSR count). The molecule has 0 aliphatic carbocycles. The summed E-state index contributed by atoms with van der Waals surface area (Å²) in [6.45, 7) is 0.924. The molecular weight excluding hydrogens is 400 g/mol. The van der Waals surface area contributed by atoms with Gasteiger partial charge in [0.1, 0.15) is 0 Å². The molecule has 1 N–H and O–H groups in total. The summed E-state index contributed by atoms with van der Waals surface area (Å²) in [5, 5.41) is 4.57. The summed E-state index contributed by atoms with van der Waals surface area (Å²) < 4.78 is 31.9. The van der Waals surface area contributed by atoms with E-state index in [1.165, 1.54) is 39.9 Å². The molecule has 1 fully saturated rings. The van der Waals surface area contributed by atoms with Crippen LogP contribution in [0.1, 0.15) is 34.5 Å². The van der Waals surface area contributed by atoms with E-state index in [1.54, 1.807) is 0 Å². The number of ether oxygens (including phenoxy) is 1. The molecule has 0 spiro atoms. The number of piperidine rings is 1. The highest BCUT2D eigenvalue weighted by atomic mass is 32.2. The number of carbonyl (C=O) groups is 2. The fourth-order valence-corrected chi connectivity index (χ4v) is 5.11. The molecule has 2 aromatic rings. The molecule has 0 bridgehead atoms. The zero-order valence-corrected chi connectivity index (χ0v) is 16.9. The van der Waals surface area contributed by atoms with Crippen LogP contribution >= 0.6 is 11.3 Å². The summed E-state index contributed by atoms with van der Waals surface area (Å²) in [4.78, 5) is 25.1. The number of nitrogens with zero attached hydrogens (tertiary/aromatic N) is 1. The van der Waals surface area contributed by atoms with E-state index in [1.807, 2.05) is 17.5 Å². The molecule has 0 atom stereocenters. The predicted octanol–water partition coefficient (Wildman–Crippen LogP) is 2.40. The maximum Gasteiger partial charge on any atom is 0.338 e. The highest BCUT2D eigenvalue weighted by molar-refractivity contribution is 7.89. The van der Waals surface area contributed by atoms with Crippen molar-refractivity contribution in [3.8, 4) is 0 Å². The molecule has 1 aromatic heterocycles. The predicted molar refractivity (Wildman–Crippen MR) is 106 cm³/mol. The van der Waals surface area contributed by atoms with Crippen molar-refractivity contribution in [3.63, 3.8) is 0 Å². The van der Waals surface area contributed by atoms with Gasteiger partial charge in [-0.2, -0.15) is 4.31 Å². The van der Waals surface area contributed by atoms with E-state index >= 15 is 0 Å². The fourth-order valence-electron chi connectivity index (χ4n) is 2.90. The van der Waals surface area contributed by atoms with Crippen LogP contribution in [0.15, 0.2) is 46.7 Å². The summed E-state index contributed by atoms with van der Waals surface area (Å²) in [7, 11) is -3.64. The Morgan fingerprint density at radius 1 is 1.11 bits per heavy atom. The Kier molecular flexibility index (Phi) is 6.82. The van der Waals surface area contributed by atoms with Crippen LogP contribution in [0.25, 0.3) is 0 Å². The van der Waals surface area contributed by atoms with Gasteiger partial charge in [0, 0.05) is 18.0 Å². The summed E-state index contributed by atoms with van der Waals surface area (Å²) in [5.74, 6) is -1.15. The molecule has 1 aromatic carbocycles. The van der Waals surface area contributed by atoms with Crippen LogP contribution in [0.3, 0.4) is 0 Å². The molecule has 1 saturated heterocycles. The second kappa shape index (κ2) is 9.31. The van der Waals surface area contributed by atoms with Crippen LogP contribution in [-0.2, 0) is 26.1 Å². The van der Waals surface area contributed by atoms with Gasteiger partial charge in [-0.1, -0.05) is 18.6 Å². The molecular formula is C19H22N2O5S2. The van der Waals surface area contributed by atoms with Crippen LogP contribution in [0.5, 0.6) is 0 Å². The number of carbonyl (C=O) groups excluding carboxylic acids is 2. The zero-order chi connectivity index (χ0) is 20.0. The van der Waals surface area contributed by atoms with Crippen molar-refractivity contribution in [3.05, 3.63) is 52.2 Å². The van der Waals surface area contributed by atoms with E-state index < -0.39 is 28.5 Å². The molecule has 9 heteroatoms. The molecule has 1 aliphatic heterocycles. The number of rotatable bonds is 7. The highest BCUT2D eigenvalue weighted by Gasteiger charge is 2.26. The topological polar surface area (TPSA) is 92.8 Å². The van der Waals surface area contributed by atoms with Gasteiger partial charge in [0.05, 0.1) is 17.0 Å². The number of nitrogens with one attached hydrogen (secondary N) is 1. The number of benzene rings is 1. The molecule has 2 heterocycles. The zero-order valence-electron chi connectivity index (χ0n) is 15.3. The molecule has 1 amide bonds. The van der Waals surface area contributed by atoms with E-state index in [4.69, 9.17) is 4.74 Å². The van der Waals surface area contributed by atoms with Gasteiger partial charge < -0.3 is 10.1 Å². The minimum Gasteiger partial charge on any atom is -0.452 e. The molecule has 1 aliphatic rings. The lowest BCUT2D eigenvalue weighted by Crippen LogP contribution is -2.35. The number of amides is 1. The van der Waals surface area contributed by atoms with E-state index in [0.717, 1.165) is 24.1 Å². The maximum absolute atomic E-state index is 12.7. The third-order valence-electron chi connectivity index (χ3n) is 4.40. The van der Waals surface area contributed by atoms with Crippen LogP contribution in [0, 0.1) is 0 Å². The van der Waals surface area contributed by atoms with Crippen LogP contribution in [-0.4, -0.2) is 44.3 Å². The maximum atomic E-state index is 12.7. The van der Waals surface area contributed by atoms with Crippen molar-refractivity contribution in [2.24, 2.45) is 0 Å². The van der Waals surface area contributed by atoms with Crippen LogP contribution in [0.4, 0.5) is 0 Å². The quantitative estimate of drug-likeness (QED) is 0.692. The van der Waals surface area contributed by atoms with Crippen molar-refractivity contribution in [1.82, 2.24) is 9.62 Å². The first-order valence-electron chi connectivity index (χ1n) is 9.03. The third-order valence-corrected chi connectivity index (χ3v) is 7.17. The highest BCUT2D eigenvalue weighted by Crippen LogP contribution is 2.21. The third kappa shape index (κ3) is 5.18. The van der Waals surface area contributed by atoms with E-state index in [0.29, 0.717) is 19.6 Å². The van der Waals surface area contributed by atoms with Gasteiger partial charge in [-0.15, -0.1) is 11.3 Å². The van der Waals surface area contributed by atoms with Crippen molar-refractivity contribution in [2.75, 3.05) is 19.7 Å². The summed E-state index contributed by atoms with van der Waals surface area (Å²) in [6, 6.07) is 9.53. The van der Waals surface area contributed by atoms with Gasteiger partial charge in [-0.05, 0) is 42.5 Å². The molecule has 150 valence electrons. The lowest BCUT2D eigenvalue weighted by molar-refractivity contribution is -0.124. The summed E-state index contributed by atoms with van der Waals surface area (Å²) in [5.41, 5.74) is 0.101. The second-order valence-electron chi connectivity index (χ2n) is 6.42. The van der Waals surface area contributed by atoms with Crippen molar-refractivity contribution in [2.45, 2.75) is 30.7 Å². The molecule has 0 saturated carbocycles. The lowest BCUT2D eigenvalue weighted by Gasteiger charge is -2.25. The van der Waals surface area contributed by atoms with Crippen molar-refractivity contribution >= 4 is 33.2 Å². The van der Waals surface area contributed by atoms with Gasteiger partial charge in [-0.25, -0.2) is 13.2 Å². The Morgan fingerprint density at radius 2 is 1.89 bits per heavy atom. The van der Waals surface area contributed by atoms with Gasteiger partial charge in [0.2, 0.25) is 10.0 Å². The normalized spacial score (nSPS) is 15.1. The monoisotopic (exact) mass is 422 g/mol. The van der Waals surface area contributed by atoms with Crippen molar-refractivity contribution < 1.29 is 22.7 Å². The van der Waals surface area contributed by atoms with Crippen molar-refractivity contribution in [1.29, 1.82) is 0 Å². The average molecular weight is 423 g/mol. The number of sulfonamides is 1. The van der Waals surface area contributed by atoms with E-state index in [-0.39, 0.29) is 10.5 Å². The molecule has 0 radical (unpaired) electrons. The Balaban J connectivity index is 1.58. The second-order valence-corrected chi connectivity index (χ2v) is 9.39. The largest absolute Gasteiger partial charge is 0.452 e. The average Bonchev–Trinajstić information content (AvgIpc) is 3.25. The first-order chi connectivity index (χ1) is 13.5. The Hall–Kier alpha value is -2.23. The number of hydrogen-bond donors (Lipinski definition) is 1. The summed E-state index contributed by atoms with van der Waals surface area (Å²) in [6.07, 6.45) is 2.69. The standard InChI is InChI=1S/C19H22N2O5S2/c22-18(20-13-16-7-5-11-27-16)14-26-19(23)15-6-4-8-17(12-15)28(24,25)21-9-2-1-3-10-21/h4-8,11-12H,1-3,9-10,13-14H2,(H,20,22). The minimum absolute atomic E-state index is 0.0611. The van der Waals surface area contributed by atoms with Gasteiger partial charge in [0.25, 0.3) is 5.91 Å². The first-order valence-corrected chi connectivity index (χ1v) is 11.4. The Bertz CT molecular complexity index is 920. The van der Waals surface area contributed by atoms with Gasteiger partial charge in [0.15, 0.2) is 6.61 Å². The van der Waals surface area contributed by atoms with Gasteiger partial charge >= 0.3 is 5.97 Å². The van der Waals surface area contributed by atoms with Gasteiger partial charge in [-0.3, -0.25) is 4.79 Å². The SMILES string of the molecule is O=C(COC(=O)c1cccc(S(=O)(=O)N2CCCCC2)c1)NCc1cccs1. The first kappa shape index (κ1) is 20.5.